The highest BCUT2D eigenvalue weighted by Gasteiger charge is 2.28. The van der Waals surface area contributed by atoms with Crippen LogP contribution in [0.1, 0.15) is 67.2 Å². The monoisotopic (exact) mass is 251 g/mol. The lowest BCUT2D eigenvalue weighted by Gasteiger charge is -2.36. The van der Waals surface area contributed by atoms with Gasteiger partial charge >= 0.3 is 0 Å². The average molecular weight is 251 g/mol. The molecule has 1 unspecified atom stereocenters. The van der Waals surface area contributed by atoms with E-state index in [1.165, 1.54) is 31.3 Å². The van der Waals surface area contributed by atoms with Gasteiger partial charge in [-0.05, 0) is 63.3 Å². The fourth-order valence-electron chi connectivity index (χ4n) is 3.14. The predicted molar refractivity (Wildman–Crippen MR) is 81.8 cm³/mol. The molecule has 1 N–H and O–H groups in total. The molecule has 0 aromatic heterocycles. The van der Waals surface area contributed by atoms with Crippen LogP contribution in [0.15, 0.2) is 11.6 Å². The van der Waals surface area contributed by atoms with E-state index in [9.17, 15) is 0 Å². The van der Waals surface area contributed by atoms with Crippen molar-refractivity contribution < 1.29 is 0 Å². The maximum Gasteiger partial charge on any atom is 0.0248 e. The van der Waals surface area contributed by atoms with Crippen LogP contribution in [-0.4, -0.2) is 12.6 Å². The van der Waals surface area contributed by atoms with Gasteiger partial charge in [0, 0.05) is 6.04 Å². The van der Waals surface area contributed by atoms with Gasteiger partial charge in [-0.2, -0.15) is 0 Å². The zero-order chi connectivity index (χ0) is 13.8. The van der Waals surface area contributed by atoms with E-state index in [1.54, 1.807) is 0 Å². The molecular weight excluding hydrogens is 218 g/mol. The molecule has 18 heavy (non-hydrogen) atoms. The van der Waals surface area contributed by atoms with E-state index in [0.717, 1.165) is 18.4 Å². The molecule has 0 bridgehead atoms. The van der Waals surface area contributed by atoms with Crippen molar-refractivity contribution in [3.8, 4) is 0 Å². The Balaban J connectivity index is 2.46. The van der Waals surface area contributed by atoms with Gasteiger partial charge in [-0.1, -0.05) is 39.3 Å². The molecule has 106 valence electrons. The van der Waals surface area contributed by atoms with Gasteiger partial charge in [0.15, 0.2) is 0 Å². The SMILES string of the molecule is CCNC(C)C(C)=CC1CCC(C(C)(C)C)CC1. The van der Waals surface area contributed by atoms with Crippen LogP contribution in [0.3, 0.4) is 0 Å². The molecule has 0 aliphatic heterocycles. The lowest BCUT2D eigenvalue weighted by atomic mass is 9.69. The highest BCUT2D eigenvalue weighted by molar-refractivity contribution is 5.09. The zero-order valence-corrected chi connectivity index (χ0v) is 13.3. The maximum absolute atomic E-state index is 3.50. The Hall–Kier alpha value is -0.300. The second-order valence-electron chi connectivity index (χ2n) is 7.17. The number of rotatable bonds is 4. The molecule has 1 aliphatic carbocycles. The summed E-state index contributed by atoms with van der Waals surface area (Å²) in [4.78, 5) is 0. The Morgan fingerprint density at radius 1 is 1.22 bits per heavy atom. The molecule has 1 saturated carbocycles. The lowest BCUT2D eigenvalue weighted by Crippen LogP contribution is -2.28. The van der Waals surface area contributed by atoms with Gasteiger partial charge in [0.1, 0.15) is 0 Å². The molecule has 1 aliphatic rings. The van der Waals surface area contributed by atoms with E-state index in [2.05, 4.69) is 52.9 Å². The minimum atomic E-state index is 0.501. The van der Waals surface area contributed by atoms with Crippen molar-refractivity contribution in [3.63, 3.8) is 0 Å². The Kier molecular flexibility index (Phi) is 5.91. The molecule has 0 aromatic rings. The fraction of sp³-hybridized carbons (Fsp3) is 0.882. The Bertz CT molecular complexity index is 264. The third-order valence-corrected chi connectivity index (χ3v) is 4.69. The first-order valence-corrected chi connectivity index (χ1v) is 7.76. The van der Waals surface area contributed by atoms with Crippen molar-refractivity contribution in [2.45, 2.75) is 73.3 Å². The van der Waals surface area contributed by atoms with Gasteiger partial charge in [0.05, 0.1) is 0 Å². The molecular formula is C17H33N. The van der Waals surface area contributed by atoms with Crippen molar-refractivity contribution in [1.82, 2.24) is 5.32 Å². The summed E-state index contributed by atoms with van der Waals surface area (Å²) in [5.74, 6) is 1.75. The van der Waals surface area contributed by atoms with Crippen LogP contribution >= 0.6 is 0 Å². The second kappa shape index (κ2) is 6.75. The van der Waals surface area contributed by atoms with Crippen LogP contribution in [-0.2, 0) is 0 Å². The molecule has 0 radical (unpaired) electrons. The summed E-state index contributed by atoms with van der Waals surface area (Å²) in [6.07, 6.45) is 8.13. The predicted octanol–water partition coefficient (Wildman–Crippen LogP) is 4.78. The molecule has 1 nitrogen and oxygen atoms in total. The Labute approximate surface area is 114 Å². The topological polar surface area (TPSA) is 12.0 Å². The van der Waals surface area contributed by atoms with Gasteiger partial charge in [-0.3, -0.25) is 0 Å². The van der Waals surface area contributed by atoms with E-state index in [4.69, 9.17) is 0 Å². The van der Waals surface area contributed by atoms with Crippen LogP contribution < -0.4 is 5.32 Å². The number of allylic oxidation sites excluding steroid dienone is 1. The fourth-order valence-corrected chi connectivity index (χ4v) is 3.14. The van der Waals surface area contributed by atoms with E-state index in [-0.39, 0.29) is 0 Å². The van der Waals surface area contributed by atoms with Gasteiger partial charge in [-0.25, -0.2) is 0 Å². The molecule has 0 spiro atoms. The smallest absolute Gasteiger partial charge is 0.0248 e. The van der Waals surface area contributed by atoms with Crippen molar-refractivity contribution in [2.75, 3.05) is 6.54 Å². The van der Waals surface area contributed by atoms with E-state index in [1.807, 2.05) is 0 Å². The van der Waals surface area contributed by atoms with Crippen LogP contribution in [0.5, 0.6) is 0 Å². The van der Waals surface area contributed by atoms with E-state index >= 15 is 0 Å². The highest BCUT2D eigenvalue weighted by atomic mass is 14.9. The van der Waals surface area contributed by atoms with Crippen LogP contribution in [0.4, 0.5) is 0 Å². The normalized spacial score (nSPS) is 28.2. The third kappa shape index (κ3) is 4.76. The van der Waals surface area contributed by atoms with E-state index in [0.29, 0.717) is 11.5 Å². The molecule has 0 heterocycles. The quantitative estimate of drug-likeness (QED) is 0.709. The standard InChI is InChI=1S/C17H33N/c1-7-18-14(3)13(2)12-15-8-10-16(11-9-15)17(4,5)6/h12,14-16,18H,7-11H2,1-6H3. The third-order valence-electron chi connectivity index (χ3n) is 4.69. The average Bonchev–Trinajstić information content (AvgIpc) is 2.28. The number of hydrogen-bond donors (Lipinski definition) is 1. The molecule has 1 fully saturated rings. The molecule has 0 amide bonds. The summed E-state index contributed by atoms with van der Waals surface area (Å²) >= 11 is 0. The lowest BCUT2D eigenvalue weighted by molar-refractivity contribution is 0.162. The summed E-state index contributed by atoms with van der Waals surface area (Å²) in [6, 6.07) is 0.537. The largest absolute Gasteiger partial charge is 0.311 e. The number of hydrogen-bond acceptors (Lipinski definition) is 1. The van der Waals surface area contributed by atoms with Gasteiger partial charge < -0.3 is 5.32 Å². The van der Waals surface area contributed by atoms with Crippen molar-refractivity contribution in [3.05, 3.63) is 11.6 Å². The molecule has 0 saturated heterocycles. The molecule has 1 atom stereocenters. The maximum atomic E-state index is 3.50. The van der Waals surface area contributed by atoms with Crippen LogP contribution in [0.25, 0.3) is 0 Å². The van der Waals surface area contributed by atoms with Gasteiger partial charge in [0.2, 0.25) is 0 Å². The second-order valence-corrected chi connectivity index (χ2v) is 7.17. The first kappa shape index (κ1) is 15.8. The Morgan fingerprint density at radius 3 is 2.22 bits per heavy atom. The van der Waals surface area contributed by atoms with Crippen molar-refractivity contribution in [1.29, 1.82) is 0 Å². The molecule has 1 heteroatoms. The van der Waals surface area contributed by atoms with E-state index < -0.39 is 0 Å². The van der Waals surface area contributed by atoms with Crippen molar-refractivity contribution in [2.24, 2.45) is 17.3 Å². The summed E-state index contributed by atoms with van der Waals surface area (Å²) in [6.45, 7) is 15.0. The van der Waals surface area contributed by atoms with Crippen LogP contribution in [0.2, 0.25) is 0 Å². The summed E-state index contributed by atoms with van der Waals surface area (Å²) in [7, 11) is 0. The van der Waals surface area contributed by atoms with Gasteiger partial charge in [-0.15, -0.1) is 0 Å². The molecule has 0 aromatic carbocycles. The highest BCUT2D eigenvalue weighted by Crippen LogP contribution is 2.40. The summed E-state index contributed by atoms with van der Waals surface area (Å²) in [5.41, 5.74) is 2.02. The minimum Gasteiger partial charge on any atom is -0.311 e. The number of likely N-dealkylation sites (N-methyl/N-ethyl adjacent to an activating group) is 1. The first-order chi connectivity index (χ1) is 8.34. The Morgan fingerprint density at radius 2 is 1.78 bits per heavy atom. The number of nitrogens with one attached hydrogen (secondary N) is 1. The van der Waals surface area contributed by atoms with Crippen molar-refractivity contribution >= 4 is 0 Å². The first-order valence-electron chi connectivity index (χ1n) is 7.76. The van der Waals surface area contributed by atoms with Crippen LogP contribution in [0, 0.1) is 17.3 Å². The summed E-state index contributed by atoms with van der Waals surface area (Å²) < 4.78 is 0. The summed E-state index contributed by atoms with van der Waals surface area (Å²) in [5, 5.41) is 3.50. The zero-order valence-electron chi connectivity index (χ0n) is 13.3. The van der Waals surface area contributed by atoms with Gasteiger partial charge in [0.25, 0.3) is 0 Å². The molecule has 1 rings (SSSR count). The minimum absolute atomic E-state index is 0.501.